The van der Waals surface area contributed by atoms with E-state index in [-0.39, 0.29) is 29.9 Å². The van der Waals surface area contributed by atoms with Gasteiger partial charge in [0.05, 0.1) is 12.8 Å². The Balaban J connectivity index is 0.00000392. The molecule has 1 heterocycles. The molecule has 1 aromatic heterocycles. The van der Waals surface area contributed by atoms with Crippen LogP contribution in [0.2, 0.25) is 0 Å². The SMILES string of the molecule is CCOCCCNC(=NC)NCc1cccc(C(=O)NCc2ccco2)c1.I. The van der Waals surface area contributed by atoms with E-state index in [1.54, 1.807) is 25.4 Å². The third-order valence-electron chi connectivity index (χ3n) is 3.84. The predicted octanol–water partition coefficient (Wildman–Crippen LogP) is 2.92. The maximum atomic E-state index is 12.3. The third-order valence-corrected chi connectivity index (χ3v) is 3.84. The Morgan fingerprint density at radius 2 is 2.00 bits per heavy atom. The molecule has 0 aliphatic carbocycles. The van der Waals surface area contributed by atoms with E-state index < -0.39 is 0 Å². The monoisotopic (exact) mass is 500 g/mol. The standard InChI is InChI=1S/C20H28N4O3.HI/c1-3-26-11-6-10-22-20(21-2)24-14-16-7-4-8-17(13-16)19(25)23-15-18-9-5-12-27-18;/h4-5,7-9,12-13H,3,6,10-11,14-15H2,1-2H3,(H,23,25)(H2,21,22,24);1H. The zero-order valence-corrected chi connectivity index (χ0v) is 18.7. The van der Waals surface area contributed by atoms with Crippen LogP contribution in [0.3, 0.4) is 0 Å². The number of nitrogens with one attached hydrogen (secondary N) is 3. The highest BCUT2D eigenvalue weighted by atomic mass is 127. The van der Waals surface area contributed by atoms with E-state index in [2.05, 4.69) is 20.9 Å². The minimum atomic E-state index is -0.133. The van der Waals surface area contributed by atoms with Gasteiger partial charge >= 0.3 is 0 Å². The Kier molecular flexibility index (Phi) is 12.0. The van der Waals surface area contributed by atoms with Crippen LogP contribution >= 0.6 is 24.0 Å². The second-order valence-electron chi connectivity index (χ2n) is 5.87. The van der Waals surface area contributed by atoms with Crippen molar-refractivity contribution in [1.29, 1.82) is 0 Å². The molecule has 3 N–H and O–H groups in total. The molecule has 0 fully saturated rings. The van der Waals surface area contributed by atoms with Gasteiger partial charge in [0.1, 0.15) is 5.76 Å². The number of ether oxygens (including phenoxy) is 1. The van der Waals surface area contributed by atoms with Crippen LogP contribution in [0.1, 0.15) is 35.0 Å². The summed E-state index contributed by atoms with van der Waals surface area (Å²) >= 11 is 0. The van der Waals surface area contributed by atoms with Crippen molar-refractivity contribution in [2.24, 2.45) is 4.99 Å². The second kappa shape index (κ2) is 14.0. The van der Waals surface area contributed by atoms with Crippen molar-refractivity contribution in [2.45, 2.75) is 26.4 Å². The summed E-state index contributed by atoms with van der Waals surface area (Å²) in [4.78, 5) is 16.5. The van der Waals surface area contributed by atoms with E-state index in [0.29, 0.717) is 18.7 Å². The molecule has 0 bridgehead atoms. The molecule has 0 saturated heterocycles. The van der Waals surface area contributed by atoms with E-state index in [1.807, 2.05) is 31.2 Å². The van der Waals surface area contributed by atoms with Crippen molar-refractivity contribution in [3.8, 4) is 0 Å². The maximum Gasteiger partial charge on any atom is 0.251 e. The van der Waals surface area contributed by atoms with Gasteiger partial charge in [-0.2, -0.15) is 0 Å². The summed E-state index contributed by atoms with van der Waals surface area (Å²) in [6, 6.07) is 11.1. The highest BCUT2D eigenvalue weighted by Crippen LogP contribution is 2.06. The van der Waals surface area contributed by atoms with Crippen LogP contribution in [-0.4, -0.2) is 38.7 Å². The Morgan fingerprint density at radius 3 is 2.71 bits per heavy atom. The lowest BCUT2D eigenvalue weighted by Gasteiger charge is -2.12. The van der Waals surface area contributed by atoms with Crippen molar-refractivity contribution in [3.05, 3.63) is 59.5 Å². The lowest BCUT2D eigenvalue weighted by molar-refractivity contribution is 0.0948. The largest absolute Gasteiger partial charge is 0.467 e. The van der Waals surface area contributed by atoms with Gasteiger partial charge < -0.3 is 25.1 Å². The van der Waals surface area contributed by atoms with Crippen molar-refractivity contribution in [1.82, 2.24) is 16.0 Å². The number of furan rings is 1. The van der Waals surface area contributed by atoms with Crippen LogP contribution in [0.25, 0.3) is 0 Å². The van der Waals surface area contributed by atoms with Gasteiger partial charge in [-0.3, -0.25) is 9.79 Å². The van der Waals surface area contributed by atoms with E-state index in [9.17, 15) is 4.79 Å². The molecule has 1 amide bonds. The Hall–Kier alpha value is -2.07. The molecule has 154 valence electrons. The van der Waals surface area contributed by atoms with Gasteiger partial charge in [0, 0.05) is 38.9 Å². The molecule has 7 nitrogen and oxygen atoms in total. The molecule has 0 atom stereocenters. The van der Waals surface area contributed by atoms with Crippen LogP contribution in [0.5, 0.6) is 0 Å². The zero-order valence-electron chi connectivity index (χ0n) is 16.4. The number of aliphatic imine (C=N–C) groups is 1. The lowest BCUT2D eigenvalue weighted by atomic mass is 10.1. The molecule has 2 rings (SSSR count). The van der Waals surface area contributed by atoms with E-state index >= 15 is 0 Å². The number of benzene rings is 1. The van der Waals surface area contributed by atoms with Gasteiger partial charge in [0.2, 0.25) is 0 Å². The Labute approximate surface area is 183 Å². The predicted molar refractivity (Wildman–Crippen MR) is 121 cm³/mol. The molecular weight excluding hydrogens is 471 g/mol. The highest BCUT2D eigenvalue weighted by molar-refractivity contribution is 14.0. The minimum Gasteiger partial charge on any atom is -0.467 e. The van der Waals surface area contributed by atoms with Crippen LogP contribution in [0.15, 0.2) is 52.1 Å². The highest BCUT2D eigenvalue weighted by Gasteiger charge is 2.07. The van der Waals surface area contributed by atoms with Crippen molar-refractivity contribution in [2.75, 3.05) is 26.8 Å². The first kappa shape index (κ1) is 24.0. The van der Waals surface area contributed by atoms with E-state index in [0.717, 1.165) is 43.5 Å². The van der Waals surface area contributed by atoms with Crippen LogP contribution in [-0.2, 0) is 17.8 Å². The Morgan fingerprint density at radius 1 is 1.14 bits per heavy atom. The van der Waals surface area contributed by atoms with Crippen molar-refractivity contribution in [3.63, 3.8) is 0 Å². The number of guanidine groups is 1. The Bertz CT molecular complexity index is 720. The summed E-state index contributed by atoms with van der Waals surface area (Å²) in [6.45, 7) is 5.18. The topological polar surface area (TPSA) is 87.9 Å². The first-order valence-electron chi connectivity index (χ1n) is 9.14. The number of carbonyl (C=O) groups excluding carboxylic acids is 1. The van der Waals surface area contributed by atoms with Gasteiger partial charge in [-0.05, 0) is 43.2 Å². The average Bonchev–Trinajstić information content (AvgIpc) is 3.22. The van der Waals surface area contributed by atoms with Gasteiger partial charge in [-0.1, -0.05) is 12.1 Å². The molecular formula is C20H29IN4O3. The molecule has 28 heavy (non-hydrogen) atoms. The number of carbonyl (C=O) groups is 1. The molecule has 0 aliphatic heterocycles. The van der Waals surface area contributed by atoms with Crippen LogP contribution in [0, 0.1) is 0 Å². The fourth-order valence-electron chi connectivity index (χ4n) is 2.44. The third kappa shape index (κ3) is 8.75. The fraction of sp³-hybridized carbons (Fsp3) is 0.400. The summed E-state index contributed by atoms with van der Waals surface area (Å²) in [5, 5.41) is 9.34. The first-order chi connectivity index (χ1) is 13.2. The fourth-order valence-corrected chi connectivity index (χ4v) is 2.44. The summed E-state index contributed by atoms with van der Waals surface area (Å²) in [6.07, 6.45) is 2.51. The van der Waals surface area contributed by atoms with Gasteiger partial charge in [-0.25, -0.2) is 0 Å². The lowest BCUT2D eigenvalue weighted by Crippen LogP contribution is -2.37. The van der Waals surface area contributed by atoms with Crippen LogP contribution in [0.4, 0.5) is 0 Å². The van der Waals surface area contributed by atoms with Crippen molar-refractivity contribution >= 4 is 35.8 Å². The van der Waals surface area contributed by atoms with E-state index in [1.165, 1.54) is 0 Å². The average molecular weight is 500 g/mol. The molecule has 0 radical (unpaired) electrons. The molecule has 0 unspecified atom stereocenters. The number of hydrogen-bond acceptors (Lipinski definition) is 4. The summed E-state index contributed by atoms with van der Waals surface area (Å²) in [7, 11) is 1.73. The van der Waals surface area contributed by atoms with Crippen LogP contribution < -0.4 is 16.0 Å². The van der Waals surface area contributed by atoms with Gasteiger partial charge in [0.15, 0.2) is 5.96 Å². The second-order valence-corrected chi connectivity index (χ2v) is 5.87. The summed E-state index contributed by atoms with van der Waals surface area (Å²) < 4.78 is 10.5. The molecule has 1 aromatic carbocycles. The molecule has 0 spiro atoms. The molecule has 2 aromatic rings. The molecule has 8 heteroatoms. The van der Waals surface area contributed by atoms with Gasteiger partial charge in [-0.15, -0.1) is 24.0 Å². The van der Waals surface area contributed by atoms with Gasteiger partial charge in [0.25, 0.3) is 5.91 Å². The van der Waals surface area contributed by atoms with Crippen molar-refractivity contribution < 1.29 is 13.9 Å². The molecule has 0 saturated carbocycles. The maximum absolute atomic E-state index is 12.3. The first-order valence-corrected chi connectivity index (χ1v) is 9.14. The number of hydrogen-bond donors (Lipinski definition) is 3. The zero-order chi connectivity index (χ0) is 19.3. The molecule has 0 aliphatic rings. The normalized spacial score (nSPS) is 10.9. The number of halogens is 1. The summed E-state index contributed by atoms with van der Waals surface area (Å²) in [5.41, 5.74) is 1.61. The number of nitrogens with zero attached hydrogens (tertiary/aromatic N) is 1. The smallest absolute Gasteiger partial charge is 0.251 e. The summed E-state index contributed by atoms with van der Waals surface area (Å²) in [5.74, 6) is 1.31. The quantitative estimate of drug-likeness (QED) is 0.202. The van der Waals surface area contributed by atoms with E-state index in [4.69, 9.17) is 9.15 Å². The number of rotatable bonds is 10. The minimum absolute atomic E-state index is 0. The number of amides is 1.